The first-order chi connectivity index (χ1) is 7.72. The molecule has 0 aliphatic carbocycles. The quantitative estimate of drug-likeness (QED) is 0.718. The number of hydrogen-bond acceptors (Lipinski definition) is 2. The monoisotopic (exact) mass is 248 g/mol. The van der Waals surface area contributed by atoms with E-state index >= 15 is 0 Å². The van der Waals surface area contributed by atoms with Crippen LogP contribution in [0.25, 0.3) is 11.1 Å². The molecule has 1 aromatic carbocycles. The Balaban J connectivity index is 2.59. The molecule has 0 aliphatic rings. The molecule has 0 spiro atoms. The Morgan fingerprint density at radius 3 is 2.62 bits per heavy atom. The fraction of sp³-hybridized carbons (Fsp3) is 0. The van der Waals surface area contributed by atoms with Crippen LogP contribution in [0.5, 0.6) is 0 Å². The summed E-state index contributed by atoms with van der Waals surface area (Å²) in [4.78, 5) is 3.95. The predicted molar refractivity (Wildman–Crippen MR) is 64.4 cm³/mol. The van der Waals surface area contributed by atoms with Crippen molar-refractivity contribution in [2.75, 3.05) is 0 Å². The number of benzene rings is 1. The maximum Gasteiger partial charge on any atom is 0.146 e. The Morgan fingerprint density at radius 1 is 1.19 bits per heavy atom. The summed E-state index contributed by atoms with van der Waals surface area (Å²) in [6.45, 7) is 0. The van der Waals surface area contributed by atoms with Crippen molar-refractivity contribution in [1.29, 1.82) is 5.26 Å². The lowest BCUT2D eigenvalue weighted by atomic mass is 10.1. The van der Waals surface area contributed by atoms with Crippen LogP contribution in [0.2, 0.25) is 10.2 Å². The largest absolute Gasteiger partial charge is 0.243 e. The highest BCUT2D eigenvalue weighted by atomic mass is 35.5. The fourth-order valence-electron chi connectivity index (χ4n) is 1.37. The third-order valence-corrected chi connectivity index (χ3v) is 2.78. The highest BCUT2D eigenvalue weighted by Gasteiger charge is 2.06. The summed E-state index contributed by atoms with van der Waals surface area (Å²) in [7, 11) is 0. The van der Waals surface area contributed by atoms with Gasteiger partial charge in [-0.15, -0.1) is 0 Å². The Labute approximate surface area is 103 Å². The zero-order valence-corrected chi connectivity index (χ0v) is 9.63. The first kappa shape index (κ1) is 10.9. The van der Waals surface area contributed by atoms with E-state index in [2.05, 4.69) is 4.98 Å². The van der Waals surface area contributed by atoms with Gasteiger partial charge in [-0.2, -0.15) is 5.26 Å². The maximum atomic E-state index is 8.85. The van der Waals surface area contributed by atoms with Gasteiger partial charge in [0.05, 0.1) is 5.56 Å². The molecule has 0 fully saturated rings. The van der Waals surface area contributed by atoms with E-state index in [0.29, 0.717) is 10.6 Å². The average Bonchev–Trinajstić information content (AvgIpc) is 2.31. The molecule has 0 bridgehead atoms. The second kappa shape index (κ2) is 4.52. The summed E-state index contributed by atoms with van der Waals surface area (Å²) in [5.41, 5.74) is 1.97. The van der Waals surface area contributed by atoms with E-state index in [4.69, 9.17) is 28.5 Å². The third kappa shape index (κ3) is 2.01. The lowest BCUT2D eigenvalue weighted by molar-refractivity contribution is 1.30. The SMILES string of the molecule is N#Cc1cc(-c2ccccc2Cl)cnc1Cl. The summed E-state index contributed by atoms with van der Waals surface area (Å²) >= 11 is 11.8. The molecule has 1 aromatic heterocycles. The molecule has 1 heterocycles. The fourth-order valence-corrected chi connectivity index (χ4v) is 1.76. The van der Waals surface area contributed by atoms with E-state index in [-0.39, 0.29) is 5.15 Å². The van der Waals surface area contributed by atoms with Crippen molar-refractivity contribution in [2.45, 2.75) is 0 Å². The number of hydrogen-bond donors (Lipinski definition) is 0. The predicted octanol–water partition coefficient (Wildman–Crippen LogP) is 3.93. The molecule has 0 radical (unpaired) electrons. The van der Waals surface area contributed by atoms with Gasteiger partial charge in [-0.3, -0.25) is 0 Å². The molecule has 4 heteroatoms. The molecule has 0 unspecified atom stereocenters. The molecule has 2 nitrogen and oxygen atoms in total. The molecule has 0 amide bonds. The minimum atomic E-state index is 0.207. The van der Waals surface area contributed by atoms with E-state index in [1.54, 1.807) is 18.3 Å². The van der Waals surface area contributed by atoms with Crippen molar-refractivity contribution in [3.05, 3.63) is 52.3 Å². The molecule has 0 N–H and O–H groups in total. The number of nitriles is 1. The Kier molecular flexibility index (Phi) is 3.09. The summed E-state index contributed by atoms with van der Waals surface area (Å²) < 4.78 is 0. The lowest BCUT2D eigenvalue weighted by Crippen LogP contribution is -1.86. The first-order valence-corrected chi connectivity index (χ1v) is 5.28. The summed E-state index contributed by atoms with van der Waals surface area (Å²) in [5, 5.41) is 9.68. The van der Waals surface area contributed by atoms with Crippen molar-refractivity contribution in [1.82, 2.24) is 4.98 Å². The van der Waals surface area contributed by atoms with Gasteiger partial charge in [0, 0.05) is 22.3 Å². The Hall–Kier alpha value is -1.56. The zero-order valence-electron chi connectivity index (χ0n) is 8.11. The van der Waals surface area contributed by atoms with Gasteiger partial charge in [0.25, 0.3) is 0 Å². The van der Waals surface area contributed by atoms with Crippen LogP contribution in [0.1, 0.15) is 5.56 Å². The number of rotatable bonds is 1. The maximum absolute atomic E-state index is 8.85. The zero-order chi connectivity index (χ0) is 11.5. The van der Waals surface area contributed by atoms with E-state index in [0.717, 1.165) is 11.1 Å². The highest BCUT2D eigenvalue weighted by Crippen LogP contribution is 2.28. The van der Waals surface area contributed by atoms with Crippen molar-refractivity contribution < 1.29 is 0 Å². The van der Waals surface area contributed by atoms with Crippen LogP contribution in [0.15, 0.2) is 36.5 Å². The van der Waals surface area contributed by atoms with Crippen LogP contribution in [-0.4, -0.2) is 4.98 Å². The normalized spacial score (nSPS) is 9.81. The molecular formula is C12H6Cl2N2. The molecular weight excluding hydrogens is 243 g/mol. The van der Waals surface area contributed by atoms with Crippen LogP contribution in [0.3, 0.4) is 0 Å². The van der Waals surface area contributed by atoms with Gasteiger partial charge < -0.3 is 0 Å². The molecule has 2 rings (SSSR count). The molecule has 16 heavy (non-hydrogen) atoms. The molecule has 0 aliphatic heterocycles. The van der Waals surface area contributed by atoms with Gasteiger partial charge in [0.15, 0.2) is 0 Å². The van der Waals surface area contributed by atoms with Crippen molar-refractivity contribution in [3.8, 4) is 17.2 Å². The average molecular weight is 249 g/mol. The van der Waals surface area contributed by atoms with E-state index in [9.17, 15) is 0 Å². The molecule has 2 aromatic rings. The minimum Gasteiger partial charge on any atom is -0.243 e. The van der Waals surface area contributed by atoms with Gasteiger partial charge in [-0.05, 0) is 12.1 Å². The van der Waals surface area contributed by atoms with Crippen LogP contribution in [0.4, 0.5) is 0 Å². The third-order valence-electron chi connectivity index (χ3n) is 2.14. The number of pyridine rings is 1. The summed E-state index contributed by atoms with van der Waals surface area (Å²) in [6, 6.07) is 11.0. The van der Waals surface area contributed by atoms with Crippen LogP contribution in [-0.2, 0) is 0 Å². The van der Waals surface area contributed by atoms with Gasteiger partial charge in [-0.25, -0.2) is 4.98 Å². The number of halogens is 2. The van der Waals surface area contributed by atoms with Crippen LogP contribution < -0.4 is 0 Å². The summed E-state index contributed by atoms with van der Waals surface area (Å²) in [5.74, 6) is 0. The molecule has 0 atom stereocenters. The lowest BCUT2D eigenvalue weighted by Gasteiger charge is -2.04. The van der Waals surface area contributed by atoms with Crippen molar-refractivity contribution in [2.24, 2.45) is 0 Å². The van der Waals surface area contributed by atoms with Crippen LogP contribution in [0, 0.1) is 11.3 Å². The van der Waals surface area contributed by atoms with Crippen molar-refractivity contribution >= 4 is 23.2 Å². The van der Waals surface area contributed by atoms with Crippen molar-refractivity contribution in [3.63, 3.8) is 0 Å². The minimum absolute atomic E-state index is 0.207. The topological polar surface area (TPSA) is 36.7 Å². The molecule has 78 valence electrons. The first-order valence-electron chi connectivity index (χ1n) is 4.53. The second-order valence-corrected chi connectivity index (χ2v) is 3.92. The van der Waals surface area contributed by atoms with Gasteiger partial charge in [-0.1, -0.05) is 41.4 Å². The van der Waals surface area contributed by atoms with Crippen LogP contribution >= 0.6 is 23.2 Å². The van der Waals surface area contributed by atoms with Gasteiger partial charge in [0.1, 0.15) is 11.2 Å². The highest BCUT2D eigenvalue weighted by molar-refractivity contribution is 6.33. The standard InChI is InChI=1S/C12H6Cl2N2/c13-11-4-2-1-3-10(11)9-5-8(6-15)12(14)16-7-9/h1-5,7H. The summed E-state index contributed by atoms with van der Waals surface area (Å²) in [6.07, 6.45) is 1.60. The van der Waals surface area contributed by atoms with Gasteiger partial charge in [0.2, 0.25) is 0 Å². The Morgan fingerprint density at radius 2 is 1.94 bits per heavy atom. The molecule has 0 saturated carbocycles. The number of aromatic nitrogens is 1. The smallest absolute Gasteiger partial charge is 0.146 e. The van der Waals surface area contributed by atoms with E-state index < -0.39 is 0 Å². The van der Waals surface area contributed by atoms with Gasteiger partial charge >= 0.3 is 0 Å². The number of nitrogens with zero attached hydrogens (tertiary/aromatic N) is 2. The Bertz CT molecular complexity index is 573. The van der Waals surface area contributed by atoms with E-state index in [1.165, 1.54) is 0 Å². The van der Waals surface area contributed by atoms with E-state index in [1.807, 2.05) is 24.3 Å². The molecule has 0 saturated heterocycles. The second-order valence-electron chi connectivity index (χ2n) is 3.15.